The number of aliphatic carboxylic acids is 1. The Kier molecular flexibility index (Phi) is 36.4. The Labute approximate surface area is 328 Å². The zero-order valence-corrected chi connectivity index (χ0v) is 35.0. The number of unbranched alkanes of at least 4 members (excludes halogenated alkanes) is 22. The average Bonchev–Trinajstić information content (AvgIpc) is 3.14. The van der Waals surface area contributed by atoms with Crippen LogP contribution in [0.15, 0.2) is 24.3 Å². The fourth-order valence-electron chi connectivity index (χ4n) is 5.78. The number of hydrogen-bond donors (Lipinski definition) is 3. The largest absolute Gasteiger partial charge is 0.480 e. The van der Waals surface area contributed by atoms with E-state index in [1.165, 1.54) is 103 Å². The summed E-state index contributed by atoms with van der Waals surface area (Å²) in [5, 5.41) is 8.88. The lowest BCUT2D eigenvalue weighted by atomic mass is 10.1. The SMILES string of the molecule is CCCCCCCC/C=C/CCCCCCCC(=O)O[C@H](COC(=O)CC/C=C/CCCCCCCCCCCCC)COP(=O)(O)OC[C@H](N)C(=O)O. The van der Waals surface area contributed by atoms with Gasteiger partial charge in [0.15, 0.2) is 6.10 Å². The first-order chi connectivity index (χ1) is 26.1. The molecule has 0 fully saturated rings. The Morgan fingerprint density at radius 3 is 1.43 bits per heavy atom. The van der Waals surface area contributed by atoms with Gasteiger partial charge in [0.25, 0.3) is 0 Å². The Balaban J connectivity index is 4.42. The van der Waals surface area contributed by atoms with Crippen LogP contribution in [0, 0.1) is 0 Å². The highest BCUT2D eigenvalue weighted by Gasteiger charge is 2.28. The lowest BCUT2D eigenvalue weighted by molar-refractivity contribution is -0.161. The van der Waals surface area contributed by atoms with Crippen LogP contribution in [0.1, 0.15) is 194 Å². The summed E-state index contributed by atoms with van der Waals surface area (Å²) in [6.45, 7) is 2.76. The number of phosphoric acid groups is 1. The lowest BCUT2D eigenvalue weighted by Gasteiger charge is -2.20. The highest BCUT2D eigenvalue weighted by Crippen LogP contribution is 2.43. The van der Waals surface area contributed by atoms with E-state index in [0.29, 0.717) is 12.8 Å². The fourth-order valence-corrected chi connectivity index (χ4v) is 6.56. The Hall–Kier alpha value is -2.04. The number of carboxylic acids is 1. The van der Waals surface area contributed by atoms with Crippen molar-refractivity contribution in [2.45, 2.75) is 206 Å². The molecule has 0 radical (unpaired) electrons. The molecule has 0 aliphatic rings. The number of rotatable bonds is 40. The van der Waals surface area contributed by atoms with Gasteiger partial charge >= 0.3 is 25.7 Å². The van der Waals surface area contributed by atoms with Gasteiger partial charge in [-0.2, -0.15) is 0 Å². The summed E-state index contributed by atoms with van der Waals surface area (Å²) in [6, 6.07) is -1.52. The summed E-state index contributed by atoms with van der Waals surface area (Å²) in [5.74, 6) is -2.44. The molecule has 0 aliphatic heterocycles. The maximum absolute atomic E-state index is 12.6. The lowest BCUT2D eigenvalue weighted by Crippen LogP contribution is -2.34. The van der Waals surface area contributed by atoms with Crippen molar-refractivity contribution in [3.8, 4) is 0 Å². The van der Waals surface area contributed by atoms with Gasteiger partial charge in [-0.05, 0) is 51.4 Å². The van der Waals surface area contributed by atoms with Gasteiger partial charge in [-0.1, -0.05) is 154 Å². The van der Waals surface area contributed by atoms with Crippen molar-refractivity contribution in [3.63, 3.8) is 0 Å². The predicted octanol–water partition coefficient (Wildman–Crippen LogP) is 11.1. The van der Waals surface area contributed by atoms with Gasteiger partial charge in [-0.3, -0.25) is 23.4 Å². The second-order valence-corrected chi connectivity index (χ2v) is 15.9. The average molecular weight is 788 g/mol. The smallest absolute Gasteiger partial charge is 0.472 e. The van der Waals surface area contributed by atoms with Crippen LogP contribution < -0.4 is 5.73 Å². The molecule has 4 N–H and O–H groups in total. The molecule has 0 spiro atoms. The number of hydrogen-bond acceptors (Lipinski definition) is 9. The third kappa shape index (κ3) is 36.9. The molecule has 0 heterocycles. The summed E-state index contributed by atoms with van der Waals surface area (Å²) in [6.07, 6.45) is 38.3. The molecule has 0 aromatic heterocycles. The Morgan fingerprint density at radius 2 is 0.963 bits per heavy atom. The van der Waals surface area contributed by atoms with Gasteiger partial charge in [-0.25, -0.2) is 4.57 Å². The second kappa shape index (κ2) is 37.9. The molecule has 11 nitrogen and oxygen atoms in total. The van der Waals surface area contributed by atoms with Crippen LogP contribution in [-0.4, -0.2) is 59.9 Å². The summed E-state index contributed by atoms with van der Waals surface area (Å²) in [4.78, 5) is 45.9. The van der Waals surface area contributed by atoms with Gasteiger partial charge in [0, 0.05) is 12.8 Å². The Morgan fingerprint density at radius 1 is 0.556 bits per heavy atom. The summed E-state index contributed by atoms with van der Waals surface area (Å²) >= 11 is 0. The van der Waals surface area contributed by atoms with Crippen molar-refractivity contribution < 1.29 is 47.5 Å². The molecule has 0 saturated carbocycles. The van der Waals surface area contributed by atoms with E-state index in [1.54, 1.807) is 0 Å². The quantitative estimate of drug-likeness (QED) is 0.0233. The highest BCUT2D eigenvalue weighted by molar-refractivity contribution is 7.47. The van der Waals surface area contributed by atoms with Gasteiger partial charge < -0.3 is 25.2 Å². The third-order valence-corrected chi connectivity index (χ3v) is 10.1. The van der Waals surface area contributed by atoms with Gasteiger partial charge in [0.1, 0.15) is 12.6 Å². The van der Waals surface area contributed by atoms with Crippen molar-refractivity contribution in [2.24, 2.45) is 5.73 Å². The first kappa shape index (κ1) is 52.0. The monoisotopic (exact) mass is 788 g/mol. The molecule has 0 aromatic rings. The van der Waals surface area contributed by atoms with E-state index in [0.717, 1.165) is 51.4 Å². The molecule has 12 heteroatoms. The number of esters is 2. The normalized spacial score (nSPS) is 14.0. The van der Waals surface area contributed by atoms with Crippen LogP contribution in [-0.2, 0) is 37.5 Å². The molecule has 3 atom stereocenters. The summed E-state index contributed by atoms with van der Waals surface area (Å²) in [5.41, 5.74) is 5.32. The van der Waals surface area contributed by atoms with Crippen molar-refractivity contribution in [1.29, 1.82) is 0 Å². The van der Waals surface area contributed by atoms with Crippen molar-refractivity contribution in [2.75, 3.05) is 19.8 Å². The number of ether oxygens (including phenoxy) is 2. The number of carbonyl (C=O) groups excluding carboxylic acids is 2. The molecular formula is C42H78NO10P. The van der Waals surface area contributed by atoms with Crippen LogP contribution in [0.2, 0.25) is 0 Å². The molecule has 0 amide bonds. The van der Waals surface area contributed by atoms with E-state index in [4.69, 9.17) is 24.8 Å². The van der Waals surface area contributed by atoms with Crippen LogP contribution >= 0.6 is 7.82 Å². The molecule has 0 aliphatic carbocycles. The third-order valence-electron chi connectivity index (χ3n) is 9.19. The fraction of sp³-hybridized carbons (Fsp3) is 0.833. The van der Waals surface area contributed by atoms with Gasteiger partial charge in [0.2, 0.25) is 0 Å². The van der Waals surface area contributed by atoms with E-state index in [9.17, 15) is 23.8 Å². The van der Waals surface area contributed by atoms with Crippen molar-refractivity contribution >= 4 is 25.7 Å². The molecule has 1 unspecified atom stereocenters. The van der Waals surface area contributed by atoms with Gasteiger partial charge in [0.05, 0.1) is 13.2 Å². The molecule has 316 valence electrons. The van der Waals surface area contributed by atoms with Crippen LogP contribution in [0.4, 0.5) is 0 Å². The van der Waals surface area contributed by atoms with E-state index in [2.05, 4.69) is 36.6 Å². The molecule has 0 rings (SSSR count). The standard InChI is InChI=1S/C42H78NO10P/c1-3-5-7-9-11-13-15-17-19-21-23-25-27-29-31-33-40(44)50-35-38(36-51-54(48,49)52-37-39(43)42(46)47)53-41(45)34-32-30-28-26-24-22-20-18-16-14-12-10-8-6-4-2/h18,20,27,29,38-39H,3-17,19,21-26,28,30-37,43H2,1-2H3,(H,46,47)(H,48,49)/b20-18+,29-27+/t38-,39+/m1/s1. The van der Waals surface area contributed by atoms with Crippen LogP contribution in [0.3, 0.4) is 0 Å². The first-order valence-corrected chi connectivity index (χ1v) is 22.9. The van der Waals surface area contributed by atoms with E-state index >= 15 is 0 Å². The van der Waals surface area contributed by atoms with E-state index in [1.807, 2.05) is 6.08 Å². The van der Waals surface area contributed by atoms with Crippen molar-refractivity contribution in [1.82, 2.24) is 0 Å². The molecule has 54 heavy (non-hydrogen) atoms. The predicted molar refractivity (Wildman–Crippen MR) is 217 cm³/mol. The number of phosphoric ester groups is 1. The summed E-state index contributed by atoms with van der Waals surface area (Å²) < 4.78 is 32.6. The molecule has 0 bridgehead atoms. The minimum absolute atomic E-state index is 0.139. The minimum Gasteiger partial charge on any atom is -0.480 e. The molecule has 0 aromatic carbocycles. The van der Waals surface area contributed by atoms with Crippen molar-refractivity contribution in [3.05, 3.63) is 24.3 Å². The van der Waals surface area contributed by atoms with E-state index in [-0.39, 0.29) is 19.4 Å². The number of allylic oxidation sites excluding steroid dienone is 4. The minimum atomic E-state index is -4.72. The van der Waals surface area contributed by atoms with Gasteiger partial charge in [-0.15, -0.1) is 0 Å². The topological polar surface area (TPSA) is 172 Å². The number of carboxylic acid groups (broad SMARTS) is 1. The first-order valence-electron chi connectivity index (χ1n) is 21.4. The summed E-state index contributed by atoms with van der Waals surface area (Å²) in [7, 11) is -4.72. The maximum atomic E-state index is 12.6. The highest BCUT2D eigenvalue weighted by atomic mass is 31.2. The second-order valence-electron chi connectivity index (χ2n) is 14.5. The number of carbonyl (C=O) groups is 3. The van der Waals surface area contributed by atoms with Crippen LogP contribution in [0.25, 0.3) is 0 Å². The van der Waals surface area contributed by atoms with Crippen LogP contribution in [0.5, 0.6) is 0 Å². The Bertz CT molecular complexity index is 1020. The number of nitrogens with two attached hydrogens (primary N) is 1. The maximum Gasteiger partial charge on any atom is 0.472 e. The van der Waals surface area contributed by atoms with E-state index < -0.39 is 51.1 Å². The zero-order valence-electron chi connectivity index (χ0n) is 34.1. The zero-order chi connectivity index (χ0) is 40.0. The molecule has 0 saturated heterocycles. The molecular weight excluding hydrogens is 709 g/mol.